The van der Waals surface area contributed by atoms with Gasteiger partial charge in [0.2, 0.25) is 15.9 Å². The lowest BCUT2D eigenvalue weighted by Crippen LogP contribution is -2.57. The standard InChI is InChI=1S/C13H24N2O2.C11H14ClNO2S.C2H6/c1-13(2,10-16)15-7-5-14(6-8-15)12(17)9-11-3-4-11;12-10-4-6-11(7-5-10)16(14,15)13-8-2-1-3-9-13;1-2/h11,16H,3-10H2,1-2H3;4-7H,1-3,8-9H2;1-2H3. The molecule has 0 spiro atoms. The van der Waals surface area contributed by atoms with Gasteiger partial charge in [-0.25, -0.2) is 8.42 Å². The first kappa shape index (κ1) is 30.0. The van der Waals surface area contributed by atoms with Crippen LogP contribution in [-0.2, 0) is 14.8 Å². The van der Waals surface area contributed by atoms with Crippen molar-refractivity contribution in [1.82, 2.24) is 14.1 Å². The van der Waals surface area contributed by atoms with Crippen molar-refractivity contribution < 1.29 is 18.3 Å². The molecule has 2 aliphatic heterocycles. The molecule has 0 atom stereocenters. The van der Waals surface area contributed by atoms with Gasteiger partial charge in [-0.2, -0.15) is 4.31 Å². The second-order valence-electron chi connectivity index (χ2n) is 9.90. The summed E-state index contributed by atoms with van der Waals surface area (Å²) in [6.45, 7) is 12.9. The van der Waals surface area contributed by atoms with Crippen molar-refractivity contribution in [2.75, 3.05) is 45.9 Å². The molecule has 1 saturated carbocycles. The molecule has 0 radical (unpaired) electrons. The Morgan fingerprint density at radius 1 is 0.971 bits per heavy atom. The molecule has 2 saturated heterocycles. The monoisotopic (exact) mass is 529 g/mol. The molecular formula is C26H44ClN3O4S. The maximum atomic E-state index is 12.2. The maximum Gasteiger partial charge on any atom is 0.243 e. The molecule has 9 heteroatoms. The Bertz CT molecular complexity index is 874. The second-order valence-corrected chi connectivity index (χ2v) is 12.3. The lowest BCUT2D eigenvalue weighted by atomic mass is 10.0. The summed E-state index contributed by atoms with van der Waals surface area (Å²) in [4.78, 5) is 16.5. The number of halogens is 1. The Labute approximate surface area is 217 Å². The number of nitrogens with zero attached hydrogens (tertiary/aromatic N) is 3. The molecule has 200 valence electrons. The van der Waals surface area contributed by atoms with Crippen molar-refractivity contribution in [2.24, 2.45) is 5.92 Å². The van der Waals surface area contributed by atoms with Gasteiger partial charge in [0.25, 0.3) is 0 Å². The molecule has 3 fully saturated rings. The van der Waals surface area contributed by atoms with Crippen LogP contribution in [-0.4, -0.2) is 85.0 Å². The molecule has 35 heavy (non-hydrogen) atoms. The zero-order valence-corrected chi connectivity index (χ0v) is 23.5. The van der Waals surface area contributed by atoms with E-state index in [1.807, 2.05) is 18.7 Å². The van der Waals surface area contributed by atoms with Gasteiger partial charge in [0.05, 0.1) is 11.5 Å². The molecule has 1 aromatic carbocycles. The third kappa shape index (κ3) is 9.01. The van der Waals surface area contributed by atoms with Crippen molar-refractivity contribution in [3.63, 3.8) is 0 Å². The fourth-order valence-electron chi connectivity index (χ4n) is 4.22. The van der Waals surface area contributed by atoms with E-state index in [0.29, 0.717) is 34.8 Å². The van der Waals surface area contributed by atoms with Crippen molar-refractivity contribution in [3.05, 3.63) is 29.3 Å². The van der Waals surface area contributed by atoms with Crippen molar-refractivity contribution in [1.29, 1.82) is 0 Å². The normalized spacial score (nSPS) is 19.8. The van der Waals surface area contributed by atoms with Crippen LogP contribution >= 0.6 is 11.6 Å². The summed E-state index contributed by atoms with van der Waals surface area (Å²) in [7, 11) is -3.30. The molecule has 0 unspecified atom stereocenters. The van der Waals surface area contributed by atoms with Gasteiger partial charge in [-0.15, -0.1) is 0 Å². The van der Waals surface area contributed by atoms with Crippen LogP contribution in [0.3, 0.4) is 0 Å². The highest BCUT2D eigenvalue weighted by atomic mass is 35.5. The summed E-state index contributed by atoms with van der Waals surface area (Å²) in [5.74, 6) is 1.00. The first-order chi connectivity index (χ1) is 16.6. The van der Waals surface area contributed by atoms with E-state index in [1.54, 1.807) is 28.6 Å². The lowest BCUT2D eigenvalue weighted by Gasteiger charge is -2.43. The summed E-state index contributed by atoms with van der Waals surface area (Å²) in [5, 5.41) is 9.88. The second kappa shape index (κ2) is 13.9. The Kier molecular flexibility index (Phi) is 12.0. The molecule has 2 heterocycles. The van der Waals surface area contributed by atoms with Crippen LogP contribution in [0, 0.1) is 5.92 Å². The van der Waals surface area contributed by atoms with E-state index in [1.165, 1.54) is 12.8 Å². The van der Waals surface area contributed by atoms with E-state index in [2.05, 4.69) is 18.7 Å². The Morgan fingerprint density at radius 2 is 1.51 bits per heavy atom. The molecule has 1 aliphatic carbocycles. The number of piperidine rings is 1. The van der Waals surface area contributed by atoms with Gasteiger partial charge in [0, 0.05) is 56.3 Å². The molecule has 1 amide bonds. The lowest BCUT2D eigenvalue weighted by molar-refractivity contribution is -0.134. The molecule has 4 rings (SSSR count). The van der Waals surface area contributed by atoms with Crippen LogP contribution in [0.2, 0.25) is 5.02 Å². The highest BCUT2D eigenvalue weighted by Gasteiger charge is 2.32. The smallest absolute Gasteiger partial charge is 0.243 e. The Morgan fingerprint density at radius 3 is 2.00 bits per heavy atom. The minimum Gasteiger partial charge on any atom is -0.394 e. The number of aliphatic hydroxyl groups is 1. The minimum atomic E-state index is -3.30. The molecular weight excluding hydrogens is 486 g/mol. The number of piperazine rings is 1. The Hall–Kier alpha value is -1.19. The van der Waals surface area contributed by atoms with Gasteiger partial charge in [0.15, 0.2) is 0 Å². The van der Waals surface area contributed by atoms with Gasteiger partial charge in [-0.05, 0) is 69.7 Å². The molecule has 0 aromatic heterocycles. The van der Waals surface area contributed by atoms with E-state index < -0.39 is 10.0 Å². The fraction of sp³-hybridized carbons (Fsp3) is 0.731. The van der Waals surface area contributed by atoms with Crippen molar-refractivity contribution in [2.45, 2.75) is 76.7 Å². The zero-order chi connectivity index (χ0) is 26.1. The van der Waals surface area contributed by atoms with Crippen LogP contribution in [0.15, 0.2) is 29.2 Å². The molecule has 1 N–H and O–H groups in total. The number of hydrogen-bond donors (Lipinski definition) is 1. The topological polar surface area (TPSA) is 81.2 Å². The summed E-state index contributed by atoms with van der Waals surface area (Å²) in [6, 6.07) is 6.34. The van der Waals surface area contributed by atoms with E-state index in [-0.39, 0.29) is 12.1 Å². The molecule has 3 aliphatic rings. The van der Waals surface area contributed by atoms with Crippen molar-refractivity contribution >= 4 is 27.5 Å². The van der Waals surface area contributed by atoms with E-state index in [4.69, 9.17) is 11.6 Å². The van der Waals surface area contributed by atoms with Gasteiger partial charge < -0.3 is 10.0 Å². The van der Waals surface area contributed by atoms with Gasteiger partial charge in [-0.1, -0.05) is 31.9 Å². The Balaban J connectivity index is 0.000000231. The number of sulfonamides is 1. The van der Waals surface area contributed by atoms with Crippen LogP contribution in [0.4, 0.5) is 0 Å². The molecule has 0 bridgehead atoms. The van der Waals surface area contributed by atoms with Gasteiger partial charge >= 0.3 is 0 Å². The van der Waals surface area contributed by atoms with Crippen molar-refractivity contribution in [3.8, 4) is 0 Å². The average Bonchev–Trinajstić information content (AvgIpc) is 3.70. The predicted octanol–water partition coefficient (Wildman–Crippen LogP) is 4.24. The predicted molar refractivity (Wildman–Crippen MR) is 142 cm³/mol. The average molecular weight is 530 g/mol. The summed E-state index contributed by atoms with van der Waals surface area (Å²) >= 11 is 5.74. The highest BCUT2D eigenvalue weighted by molar-refractivity contribution is 7.89. The third-order valence-corrected chi connectivity index (χ3v) is 8.97. The maximum absolute atomic E-state index is 12.2. The van der Waals surface area contributed by atoms with E-state index in [0.717, 1.165) is 51.9 Å². The number of benzene rings is 1. The SMILES string of the molecule is CC.CC(C)(CO)N1CCN(C(=O)CC2CC2)CC1.O=S(=O)(c1ccc(Cl)cc1)N1CCCCC1. The summed E-state index contributed by atoms with van der Waals surface area (Å²) in [6.07, 6.45) is 6.25. The number of carbonyl (C=O) groups excluding carboxylic acids is 1. The largest absolute Gasteiger partial charge is 0.394 e. The number of aliphatic hydroxyl groups excluding tert-OH is 1. The van der Waals surface area contributed by atoms with Gasteiger partial charge in [-0.3, -0.25) is 9.69 Å². The van der Waals surface area contributed by atoms with Crippen LogP contribution in [0.5, 0.6) is 0 Å². The third-order valence-electron chi connectivity index (χ3n) is 6.80. The van der Waals surface area contributed by atoms with Gasteiger partial charge in [0.1, 0.15) is 0 Å². The quantitative estimate of drug-likeness (QED) is 0.596. The summed E-state index contributed by atoms with van der Waals surface area (Å²) in [5.41, 5.74) is -0.161. The first-order valence-corrected chi connectivity index (χ1v) is 14.8. The number of carbonyl (C=O) groups is 1. The van der Waals surface area contributed by atoms with Crippen LogP contribution < -0.4 is 0 Å². The zero-order valence-electron chi connectivity index (χ0n) is 21.9. The van der Waals surface area contributed by atoms with Crippen LogP contribution in [0.1, 0.15) is 66.2 Å². The van der Waals surface area contributed by atoms with Crippen LogP contribution in [0.25, 0.3) is 0 Å². The fourth-order valence-corrected chi connectivity index (χ4v) is 5.86. The number of amides is 1. The minimum absolute atomic E-state index is 0.161. The first-order valence-electron chi connectivity index (χ1n) is 13.0. The summed E-state index contributed by atoms with van der Waals surface area (Å²) < 4.78 is 25.9. The van der Waals surface area contributed by atoms with E-state index >= 15 is 0 Å². The molecule has 1 aromatic rings. The highest BCUT2D eigenvalue weighted by Crippen LogP contribution is 2.33. The number of rotatable bonds is 6. The number of hydrogen-bond acceptors (Lipinski definition) is 5. The molecule has 7 nitrogen and oxygen atoms in total. The van der Waals surface area contributed by atoms with E-state index in [9.17, 15) is 18.3 Å².